The molecule has 23 nitrogen and oxygen atoms in total. The highest BCUT2D eigenvalue weighted by Gasteiger charge is 2.68. The van der Waals surface area contributed by atoms with E-state index < -0.39 is 155 Å². The van der Waals surface area contributed by atoms with Crippen LogP contribution in [-0.4, -0.2) is 239 Å². The molecule has 0 unspecified atom stereocenters. The summed E-state index contributed by atoms with van der Waals surface area (Å²) < 4.78 is 54.4. The van der Waals surface area contributed by atoms with E-state index in [1.54, 1.807) is 0 Å². The molecule has 5 aliphatic heterocycles. The SMILES string of the molecule is C[C@H](CC[C@@]1(O)O[C@H]2C[C@H]3[C@@H]4CC=C5C[C@@H](O[C@H]6O[C@@H](CO)[C@@H](O[C@@H]7O[C@H](CO)[C@@H](O)[C@H](O)[C@H]7O)[C@H](O)[C@H]6O[C@@H]6O[C@@H](C)[C@H](O)[C@H](O)[C@@H]6O)CC[C@]5(C)[C@H]4CC[C@]3(C)[C@H]2[C@H]1C)CO[C@@H]1O[C@H](CO)[C@@H](O)[C@@H](O)[C@H]1O. The molecule has 14 N–H and O–H groups in total. The molecule has 31 atom stereocenters. The highest BCUT2D eigenvalue weighted by Crippen LogP contribution is 2.70. The van der Waals surface area contributed by atoms with E-state index >= 15 is 0 Å². The van der Waals surface area contributed by atoms with Crippen LogP contribution in [0.4, 0.5) is 0 Å². The van der Waals surface area contributed by atoms with Crippen LogP contribution in [-0.2, 0) is 42.6 Å². The first-order valence-electron chi connectivity index (χ1n) is 26.9. The van der Waals surface area contributed by atoms with E-state index in [1.807, 2.05) is 6.92 Å². The van der Waals surface area contributed by atoms with Crippen LogP contribution in [0.1, 0.15) is 92.4 Å². The summed E-state index contributed by atoms with van der Waals surface area (Å²) in [4.78, 5) is 0. The molecule has 0 aromatic carbocycles. The van der Waals surface area contributed by atoms with Gasteiger partial charge in [0.2, 0.25) is 0 Å². The largest absolute Gasteiger partial charge is 0.394 e. The average Bonchev–Trinajstić information content (AvgIpc) is 3.82. The average molecular weight is 1070 g/mol. The third kappa shape index (κ3) is 10.2. The van der Waals surface area contributed by atoms with E-state index in [0.29, 0.717) is 43.4 Å². The Morgan fingerprint density at radius 1 is 0.635 bits per heavy atom. The second-order valence-corrected chi connectivity index (χ2v) is 23.8. The van der Waals surface area contributed by atoms with E-state index in [-0.39, 0.29) is 41.3 Å². The van der Waals surface area contributed by atoms with Crippen LogP contribution in [0.15, 0.2) is 11.6 Å². The Morgan fingerprint density at radius 3 is 1.86 bits per heavy atom. The van der Waals surface area contributed by atoms with E-state index in [1.165, 1.54) is 12.5 Å². The summed E-state index contributed by atoms with van der Waals surface area (Å²) in [6.45, 7) is 8.35. The molecule has 4 aliphatic carbocycles. The van der Waals surface area contributed by atoms with Gasteiger partial charge in [-0.05, 0) is 98.7 Å². The summed E-state index contributed by atoms with van der Waals surface area (Å²) in [5, 5.41) is 148. The van der Waals surface area contributed by atoms with Crippen LogP contribution in [0.3, 0.4) is 0 Å². The van der Waals surface area contributed by atoms with Crippen LogP contribution in [0.5, 0.6) is 0 Å². The first kappa shape index (κ1) is 57.5. The second kappa shape index (κ2) is 22.4. The Morgan fingerprint density at radius 2 is 1.22 bits per heavy atom. The molecule has 3 saturated carbocycles. The van der Waals surface area contributed by atoms with Gasteiger partial charge < -0.3 is 114 Å². The summed E-state index contributed by atoms with van der Waals surface area (Å²) in [6, 6.07) is 0. The minimum atomic E-state index is -1.85. The molecule has 9 aliphatic rings. The van der Waals surface area contributed by atoms with Crippen molar-refractivity contribution in [2.24, 2.45) is 46.3 Å². The van der Waals surface area contributed by atoms with Crippen LogP contribution in [0.2, 0.25) is 0 Å². The zero-order valence-corrected chi connectivity index (χ0v) is 42.9. The first-order valence-corrected chi connectivity index (χ1v) is 26.9. The molecule has 5 saturated heterocycles. The van der Waals surface area contributed by atoms with E-state index in [2.05, 4.69) is 26.8 Å². The number of fused-ring (bicyclic) bond motifs is 7. The fourth-order valence-electron chi connectivity index (χ4n) is 15.0. The molecule has 8 fully saturated rings. The van der Waals surface area contributed by atoms with Gasteiger partial charge in [0.15, 0.2) is 30.9 Å². The third-order valence-corrected chi connectivity index (χ3v) is 19.5. The summed E-state index contributed by atoms with van der Waals surface area (Å²) in [5.41, 5.74) is 1.02. The summed E-state index contributed by atoms with van der Waals surface area (Å²) in [7, 11) is 0. The van der Waals surface area contributed by atoms with Crippen molar-refractivity contribution in [1.82, 2.24) is 0 Å². The lowest BCUT2D eigenvalue weighted by Crippen LogP contribution is -2.67. The van der Waals surface area contributed by atoms with E-state index in [0.717, 1.165) is 32.1 Å². The van der Waals surface area contributed by atoms with Crippen LogP contribution >= 0.6 is 0 Å². The van der Waals surface area contributed by atoms with Crippen molar-refractivity contribution in [2.45, 2.75) is 233 Å². The monoisotopic (exact) mass is 1060 g/mol. The molecule has 5 heterocycles. The number of hydrogen-bond donors (Lipinski definition) is 14. The van der Waals surface area contributed by atoms with Gasteiger partial charge in [0, 0.05) is 12.3 Å². The van der Waals surface area contributed by atoms with Gasteiger partial charge in [-0.2, -0.15) is 0 Å². The quantitative estimate of drug-likeness (QED) is 0.0727. The number of allylic oxidation sites excluding steroid dienone is 1. The van der Waals surface area contributed by atoms with Gasteiger partial charge in [-0.15, -0.1) is 0 Å². The number of rotatable bonds is 15. The Balaban J connectivity index is 0.849. The van der Waals surface area contributed by atoms with Gasteiger partial charge in [0.25, 0.3) is 0 Å². The predicted molar refractivity (Wildman–Crippen MR) is 250 cm³/mol. The van der Waals surface area contributed by atoms with Gasteiger partial charge >= 0.3 is 0 Å². The molecule has 0 spiro atoms. The minimum absolute atomic E-state index is 0.0705. The molecule has 426 valence electrons. The van der Waals surface area contributed by atoms with Crippen LogP contribution in [0, 0.1) is 46.3 Å². The summed E-state index contributed by atoms with van der Waals surface area (Å²) >= 11 is 0. The van der Waals surface area contributed by atoms with E-state index in [9.17, 15) is 71.5 Å². The molecule has 0 bridgehead atoms. The zero-order valence-electron chi connectivity index (χ0n) is 42.9. The molecular formula is C51H84O23. The van der Waals surface area contributed by atoms with Gasteiger partial charge in [-0.3, -0.25) is 0 Å². The van der Waals surface area contributed by atoms with Crippen molar-refractivity contribution in [3.8, 4) is 0 Å². The standard InChI is InChI=1S/C51H84O23/c1-20(19-66-45-39(61)37(59)34(56)29(16-52)69-45)8-13-51(65)21(2)32-28(74-51)15-27-25-7-6-23-14-24(9-11-49(23,4)26(25)10-12-50(27,32)5)68-48-44(73-46-40(62)36(58)33(55)22(3)67-46)42(64)43(31(18-54)71-48)72-47-41(63)38(60)35(57)30(17-53)70-47/h6,20-22,24-48,52-65H,7-19H2,1-5H3/t20-,21-,22+,24+,25-,26+,27+,28+,29-,30-,31+,32+,33+,34-,35-,36+,37-,38+,39-,40+,41-,42+,43-,44-,45-,46+,47+,48+,49+,50+,51-/m1/s1. The Labute approximate surface area is 430 Å². The molecule has 0 aromatic heterocycles. The van der Waals surface area contributed by atoms with Gasteiger partial charge in [0.1, 0.15) is 91.6 Å². The number of aliphatic hydroxyl groups is 14. The molecular weight excluding hydrogens is 981 g/mol. The van der Waals surface area contributed by atoms with E-state index in [4.69, 9.17) is 42.6 Å². The Bertz CT molecular complexity index is 1920. The maximum absolute atomic E-state index is 12.1. The van der Waals surface area contributed by atoms with Crippen molar-refractivity contribution >= 4 is 0 Å². The van der Waals surface area contributed by atoms with Gasteiger partial charge in [-0.25, -0.2) is 0 Å². The molecule has 74 heavy (non-hydrogen) atoms. The lowest BCUT2D eigenvalue weighted by atomic mass is 9.47. The predicted octanol–water partition coefficient (Wildman–Crippen LogP) is -3.01. The number of aliphatic hydroxyl groups excluding tert-OH is 13. The van der Waals surface area contributed by atoms with Crippen molar-refractivity contribution < 1.29 is 114 Å². The molecule has 23 heteroatoms. The molecule has 0 radical (unpaired) electrons. The van der Waals surface area contributed by atoms with Crippen molar-refractivity contribution in [3.63, 3.8) is 0 Å². The van der Waals surface area contributed by atoms with Crippen molar-refractivity contribution in [2.75, 3.05) is 26.4 Å². The first-order chi connectivity index (χ1) is 35.0. The second-order valence-electron chi connectivity index (χ2n) is 23.8. The molecule has 0 amide bonds. The Hall–Kier alpha value is -1.18. The fourth-order valence-corrected chi connectivity index (χ4v) is 15.0. The molecule has 0 aromatic rings. The third-order valence-electron chi connectivity index (χ3n) is 19.5. The zero-order chi connectivity index (χ0) is 53.5. The fraction of sp³-hybridized carbons (Fsp3) is 0.961. The summed E-state index contributed by atoms with van der Waals surface area (Å²) in [6.07, 6.45) is -22.1. The van der Waals surface area contributed by atoms with Gasteiger partial charge in [0.05, 0.1) is 44.7 Å². The van der Waals surface area contributed by atoms with Gasteiger partial charge in [-0.1, -0.05) is 39.3 Å². The number of hydrogen-bond acceptors (Lipinski definition) is 23. The maximum atomic E-state index is 12.1. The molecule has 9 rings (SSSR count). The van der Waals surface area contributed by atoms with Crippen LogP contribution in [0.25, 0.3) is 0 Å². The minimum Gasteiger partial charge on any atom is -0.394 e. The number of ether oxygens (including phenoxy) is 9. The smallest absolute Gasteiger partial charge is 0.187 e. The Kier molecular flexibility index (Phi) is 17.4. The highest BCUT2D eigenvalue weighted by atomic mass is 16.8. The maximum Gasteiger partial charge on any atom is 0.187 e. The topological polar surface area (TPSA) is 366 Å². The van der Waals surface area contributed by atoms with Crippen molar-refractivity contribution in [1.29, 1.82) is 0 Å². The highest BCUT2D eigenvalue weighted by molar-refractivity contribution is 5.26. The van der Waals surface area contributed by atoms with Crippen molar-refractivity contribution in [3.05, 3.63) is 11.6 Å². The lowest BCUT2D eigenvalue weighted by Gasteiger charge is -2.58. The normalized spacial score (nSPS) is 54.9. The van der Waals surface area contributed by atoms with Crippen LogP contribution < -0.4 is 0 Å². The summed E-state index contributed by atoms with van der Waals surface area (Å²) in [5.74, 6) is -0.310. The lowest BCUT2D eigenvalue weighted by molar-refractivity contribution is -0.389.